The van der Waals surface area contributed by atoms with E-state index in [-0.39, 0.29) is 0 Å². The van der Waals surface area contributed by atoms with Crippen LogP contribution in [0.5, 0.6) is 0 Å². The van der Waals surface area contributed by atoms with Crippen LogP contribution in [0.3, 0.4) is 0 Å². The lowest BCUT2D eigenvalue weighted by molar-refractivity contribution is 1.01. The van der Waals surface area contributed by atoms with Gasteiger partial charge in [-0.3, -0.25) is 4.98 Å². The van der Waals surface area contributed by atoms with Crippen LogP contribution in [0.1, 0.15) is 12.2 Å². The number of nitrogens with one attached hydrogen (secondary N) is 1. The Labute approximate surface area is 161 Å². The summed E-state index contributed by atoms with van der Waals surface area (Å²) in [6, 6.07) is 16.7. The van der Waals surface area contributed by atoms with Crippen LogP contribution in [0.25, 0.3) is 31.8 Å². The van der Waals surface area contributed by atoms with Crippen molar-refractivity contribution < 1.29 is 0 Å². The van der Waals surface area contributed by atoms with Crippen LogP contribution in [-0.2, 0) is 0 Å². The van der Waals surface area contributed by atoms with E-state index in [1.165, 1.54) is 15.0 Å². The van der Waals surface area contributed by atoms with Crippen LogP contribution in [-0.4, -0.2) is 21.5 Å². The number of benzene rings is 1. The average molecular weight is 371 g/mol. The molecule has 0 saturated carbocycles. The summed E-state index contributed by atoms with van der Waals surface area (Å²) in [5.41, 5.74) is 2.83. The van der Waals surface area contributed by atoms with E-state index in [0.717, 1.165) is 22.6 Å². The molecule has 0 unspecified atom stereocenters. The van der Waals surface area contributed by atoms with Crippen molar-refractivity contribution in [3.63, 3.8) is 0 Å². The number of nitriles is 1. The van der Waals surface area contributed by atoms with E-state index in [1.54, 1.807) is 11.3 Å². The van der Waals surface area contributed by atoms with Crippen molar-refractivity contribution in [3.8, 4) is 27.8 Å². The van der Waals surface area contributed by atoms with Crippen LogP contribution in [0.15, 0.2) is 54.9 Å². The lowest BCUT2D eigenvalue weighted by atomic mass is 10.1. The largest absolute Gasteiger partial charge is 0.369 e. The summed E-state index contributed by atoms with van der Waals surface area (Å²) < 4.78 is 1.26. The standard InChI is InChI=1S/C21H17N5S/c1-14-25-18(11-21(26-14)24-8-4-7-22)16-9-17(13-23-12-16)20-10-15-5-2-3-6-19(15)27-20/h2-3,5-6,9-13H,4,8H2,1H3,(H,24,25,26). The molecule has 1 aromatic carbocycles. The lowest BCUT2D eigenvalue weighted by Crippen LogP contribution is -2.04. The zero-order chi connectivity index (χ0) is 18.6. The van der Waals surface area contributed by atoms with Gasteiger partial charge in [0.25, 0.3) is 0 Å². The maximum absolute atomic E-state index is 8.69. The fraction of sp³-hybridized carbons (Fsp3) is 0.143. The summed E-state index contributed by atoms with van der Waals surface area (Å²) >= 11 is 1.76. The molecule has 132 valence electrons. The van der Waals surface area contributed by atoms with Gasteiger partial charge in [-0.15, -0.1) is 11.3 Å². The van der Waals surface area contributed by atoms with Gasteiger partial charge in [0, 0.05) is 45.7 Å². The van der Waals surface area contributed by atoms with Crippen molar-refractivity contribution in [2.24, 2.45) is 0 Å². The van der Waals surface area contributed by atoms with Gasteiger partial charge in [-0.1, -0.05) is 18.2 Å². The quantitative estimate of drug-likeness (QED) is 0.497. The molecule has 5 nitrogen and oxygen atoms in total. The van der Waals surface area contributed by atoms with Gasteiger partial charge in [0.05, 0.1) is 18.2 Å². The molecule has 0 aliphatic carbocycles. The number of hydrogen-bond donors (Lipinski definition) is 1. The molecule has 27 heavy (non-hydrogen) atoms. The van der Waals surface area contributed by atoms with Gasteiger partial charge in [-0.2, -0.15) is 5.26 Å². The summed E-state index contributed by atoms with van der Waals surface area (Å²) in [5, 5.41) is 13.1. The molecule has 0 saturated heterocycles. The van der Waals surface area contributed by atoms with Gasteiger partial charge < -0.3 is 5.32 Å². The predicted octanol–water partition coefficient (Wildman–Crippen LogP) is 5.05. The molecule has 1 N–H and O–H groups in total. The maximum Gasteiger partial charge on any atom is 0.130 e. The zero-order valence-electron chi connectivity index (χ0n) is 14.8. The summed E-state index contributed by atoms with van der Waals surface area (Å²) in [7, 11) is 0. The first kappa shape index (κ1) is 17.1. The molecule has 0 fully saturated rings. The molecule has 0 aliphatic heterocycles. The third-order valence-electron chi connectivity index (χ3n) is 4.12. The van der Waals surface area contributed by atoms with Gasteiger partial charge in [-0.25, -0.2) is 9.97 Å². The predicted molar refractivity (Wildman–Crippen MR) is 110 cm³/mol. The highest BCUT2D eigenvalue weighted by molar-refractivity contribution is 7.22. The van der Waals surface area contributed by atoms with E-state index < -0.39 is 0 Å². The molecule has 0 atom stereocenters. The summed E-state index contributed by atoms with van der Waals surface area (Å²) in [5.74, 6) is 1.40. The monoisotopic (exact) mass is 371 g/mol. The Bertz CT molecular complexity index is 1110. The number of aromatic nitrogens is 3. The molecule has 0 radical (unpaired) electrons. The lowest BCUT2D eigenvalue weighted by Gasteiger charge is -2.08. The number of rotatable bonds is 5. The van der Waals surface area contributed by atoms with Crippen LogP contribution < -0.4 is 5.32 Å². The van der Waals surface area contributed by atoms with Gasteiger partial charge in [0.2, 0.25) is 0 Å². The van der Waals surface area contributed by atoms with Crippen molar-refractivity contribution in [2.45, 2.75) is 13.3 Å². The molecule has 6 heteroatoms. The highest BCUT2D eigenvalue weighted by Gasteiger charge is 2.09. The fourth-order valence-corrected chi connectivity index (χ4v) is 3.94. The highest BCUT2D eigenvalue weighted by Crippen LogP contribution is 2.34. The Morgan fingerprint density at radius 2 is 1.93 bits per heavy atom. The van der Waals surface area contributed by atoms with Gasteiger partial charge in [-0.05, 0) is 30.5 Å². The molecule has 3 heterocycles. The van der Waals surface area contributed by atoms with E-state index in [4.69, 9.17) is 5.26 Å². The van der Waals surface area contributed by atoms with Crippen molar-refractivity contribution in [3.05, 3.63) is 60.7 Å². The summed E-state index contributed by atoms with van der Waals surface area (Å²) in [6.07, 6.45) is 4.13. The fourth-order valence-electron chi connectivity index (χ4n) is 2.89. The SMILES string of the molecule is Cc1nc(NCCC#N)cc(-c2cncc(-c3cc4ccccc4s3)c2)n1. The third kappa shape index (κ3) is 3.78. The van der Waals surface area contributed by atoms with Crippen LogP contribution in [0.2, 0.25) is 0 Å². The van der Waals surface area contributed by atoms with E-state index in [0.29, 0.717) is 18.8 Å². The first-order chi connectivity index (χ1) is 13.2. The molecule has 4 rings (SSSR count). The van der Waals surface area contributed by atoms with Crippen LogP contribution >= 0.6 is 11.3 Å². The van der Waals surface area contributed by atoms with Gasteiger partial charge >= 0.3 is 0 Å². The molecule has 3 aromatic heterocycles. The Morgan fingerprint density at radius 1 is 1.07 bits per heavy atom. The topological polar surface area (TPSA) is 74.5 Å². The molecule has 0 aliphatic rings. The van der Waals surface area contributed by atoms with E-state index >= 15 is 0 Å². The first-order valence-corrected chi connectivity index (χ1v) is 9.45. The third-order valence-corrected chi connectivity index (χ3v) is 5.29. The average Bonchev–Trinajstić information content (AvgIpc) is 3.12. The summed E-state index contributed by atoms with van der Waals surface area (Å²) in [4.78, 5) is 14.6. The molecule has 0 bridgehead atoms. The normalized spacial score (nSPS) is 10.7. The van der Waals surface area contributed by atoms with Crippen molar-refractivity contribution in [1.29, 1.82) is 5.26 Å². The Morgan fingerprint density at radius 3 is 2.78 bits per heavy atom. The number of aryl methyl sites for hydroxylation is 1. The van der Waals surface area contributed by atoms with E-state index in [1.807, 2.05) is 25.4 Å². The second-order valence-corrected chi connectivity index (χ2v) is 7.22. The minimum absolute atomic E-state index is 0.432. The number of anilines is 1. The van der Waals surface area contributed by atoms with Gasteiger partial charge in [0.1, 0.15) is 11.6 Å². The Balaban J connectivity index is 1.69. The molecule has 0 amide bonds. The van der Waals surface area contributed by atoms with Gasteiger partial charge in [0.15, 0.2) is 0 Å². The van der Waals surface area contributed by atoms with Crippen molar-refractivity contribution >= 4 is 27.2 Å². The molecule has 0 spiro atoms. The van der Waals surface area contributed by atoms with Crippen molar-refractivity contribution in [2.75, 3.05) is 11.9 Å². The maximum atomic E-state index is 8.69. The van der Waals surface area contributed by atoms with E-state index in [2.05, 4.69) is 62.7 Å². The zero-order valence-corrected chi connectivity index (χ0v) is 15.6. The Hall–Kier alpha value is -3.30. The number of pyridine rings is 1. The molecule has 4 aromatic rings. The second kappa shape index (κ2) is 7.52. The number of nitrogens with zero attached hydrogens (tertiary/aromatic N) is 4. The minimum Gasteiger partial charge on any atom is -0.369 e. The minimum atomic E-state index is 0.432. The highest BCUT2D eigenvalue weighted by atomic mass is 32.1. The number of thiophene rings is 1. The first-order valence-electron chi connectivity index (χ1n) is 8.64. The van der Waals surface area contributed by atoms with Crippen LogP contribution in [0, 0.1) is 18.3 Å². The van der Waals surface area contributed by atoms with E-state index in [9.17, 15) is 0 Å². The molecular weight excluding hydrogens is 354 g/mol. The second-order valence-electron chi connectivity index (χ2n) is 6.13. The van der Waals surface area contributed by atoms with Crippen LogP contribution in [0.4, 0.5) is 5.82 Å². The number of hydrogen-bond acceptors (Lipinski definition) is 6. The molecular formula is C21H17N5S. The van der Waals surface area contributed by atoms with Crippen molar-refractivity contribution in [1.82, 2.24) is 15.0 Å². The smallest absolute Gasteiger partial charge is 0.130 e. The Kier molecular flexibility index (Phi) is 4.77. The number of fused-ring (bicyclic) bond motifs is 1. The summed E-state index contributed by atoms with van der Waals surface area (Å²) in [6.45, 7) is 2.43.